The van der Waals surface area contributed by atoms with Crippen LogP contribution >= 0.6 is 0 Å². The summed E-state index contributed by atoms with van der Waals surface area (Å²) in [6, 6.07) is 5.58. The van der Waals surface area contributed by atoms with E-state index in [1.165, 1.54) is 19.2 Å². The van der Waals surface area contributed by atoms with Crippen molar-refractivity contribution in [3.05, 3.63) is 24.4 Å². The molecule has 1 heterocycles. The fourth-order valence-corrected chi connectivity index (χ4v) is 2.15. The molecule has 1 aromatic rings. The average molecular weight is 230 g/mol. The number of amidine groups is 1. The molecule has 4 nitrogen and oxygen atoms in total. The molecular weight excluding hydrogens is 212 g/mol. The summed E-state index contributed by atoms with van der Waals surface area (Å²) in [4.78, 5) is 12.5. The van der Waals surface area contributed by atoms with Crippen LogP contribution in [0.3, 0.4) is 0 Å². The standard InChI is InChI=1S/C13H18N4/c1-13(7-3-4-8-13)12(14)17-10-16-11-6-2-5-9-15-11/h2,5-6,9-10H,3-4,7-8H2,1H3,(H2,14,15,16,17). The highest BCUT2D eigenvalue weighted by atomic mass is 15.0. The zero-order valence-corrected chi connectivity index (χ0v) is 10.1. The fourth-order valence-electron chi connectivity index (χ4n) is 2.15. The molecule has 0 amide bonds. The van der Waals surface area contributed by atoms with E-state index in [0.717, 1.165) is 12.8 Å². The second-order valence-corrected chi connectivity index (χ2v) is 4.71. The molecule has 90 valence electrons. The molecule has 0 saturated heterocycles. The largest absolute Gasteiger partial charge is 0.387 e. The van der Waals surface area contributed by atoms with E-state index in [2.05, 4.69) is 21.9 Å². The van der Waals surface area contributed by atoms with Gasteiger partial charge in [-0.05, 0) is 25.0 Å². The zero-order valence-electron chi connectivity index (χ0n) is 10.1. The zero-order chi connectivity index (χ0) is 12.1. The summed E-state index contributed by atoms with van der Waals surface area (Å²) >= 11 is 0. The molecule has 1 saturated carbocycles. The maximum atomic E-state index is 6.02. The average Bonchev–Trinajstić information content (AvgIpc) is 2.79. The van der Waals surface area contributed by atoms with Gasteiger partial charge >= 0.3 is 0 Å². The van der Waals surface area contributed by atoms with E-state index < -0.39 is 0 Å². The number of aromatic nitrogens is 1. The van der Waals surface area contributed by atoms with Gasteiger partial charge in [-0.3, -0.25) is 0 Å². The summed E-state index contributed by atoms with van der Waals surface area (Å²) in [5, 5.41) is 0. The molecule has 1 aliphatic rings. The minimum absolute atomic E-state index is 0.0656. The molecule has 0 spiro atoms. The van der Waals surface area contributed by atoms with Gasteiger partial charge in [0, 0.05) is 11.6 Å². The smallest absolute Gasteiger partial charge is 0.153 e. The van der Waals surface area contributed by atoms with E-state index in [9.17, 15) is 0 Å². The summed E-state index contributed by atoms with van der Waals surface area (Å²) in [6.07, 6.45) is 7.94. The maximum absolute atomic E-state index is 6.02. The van der Waals surface area contributed by atoms with Crippen LogP contribution in [0.25, 0.3) is 0 Å². The quantitative estimate of drug-likeness (QED) is 0.641. The summed E-state index contributed by atoms with van der Waals surface area (Å²) in [5.74, 6) is 1.34. The third-order valence-corrected chi connectivity index (χ3v) is 3.36. The van der Waals surface area contributed by atoms with Crippen LogP contribution in [0, 0.1) is 5.41 Å². The van der Waals surface area contributed by atoms with Crippen LogP contribution in [0.4, 0.5) is 5.82 Å². The molecule has 1 aromatic heterocycles. The SMILES string of the molecule is CC1(C(N)=NC=Nc2ccccn2)CCCC1. The third-order valence-electron chi connectivity index (χ3n) is 3.36. The van der Waals surface area contributed by atoms with Crippen LogP contribution < -0.4 is 5.73 Å². The maximum Gasteiger partial charge on any atom is 0.153 e. The lowest BCUT2D eigenvalue weighted by atomic mass is 9.88. The molecule has 0 aromatic carbocycles. The first-order valence-electron chi connectivity index (χ1n) is 5.98. The molecule has 0 atom stereocenters. The van der Waals surface area contributed by atoms with Crippen molar-refractivity contribution in [1.82, 2.24) is 4.98 Å². The number of nitrogens with two attached hydrogens (primary N) is 1. The lowest BCUT2D eigenvalue weighted by Crippen LogP contribution is -2.32. The Bertz CT molecular complexity index is 416. The molecule has 2 rings (SSSR count). The van der Waals surface area contributed by atoms with E-state index in [4.69, 9.17) is 5.73 Å². The van der Waals surface area contributed by atoms with E-state index in [-0.39, 0.29) is 5.41 Å². The second-order valence-electron chi connectivity index (χ2n) is 4.71. The van der Waals surface area contributed by atoms with Crippen molar-refractivity contribution in [2.24, 2.45) is 21.1 Å². The van der Waals surface area contributed by atoms with Gasteiger partial charge < -0.3 is 5.73 Å². The van der Waals surface area contributed by atoms with Crippen LogP contribution in [0.15, 0.2) is 34.4 Å². The Kier molecular flexibility index (Phi) is 3.52. The van der Waals surface area contributed by atoms with Gasteiger partial charge in [-0.25, -0.2) is 15.0 Å². The van der Waals surface area contributed by atoms with Crippen LogP contribution in [0.5, 0.6) is 0 Å². The van der Waals surface area contributed by atoms with E-state index in [1.54, 1.807) is 6.20 Å². The van der Waals surface area contributed by atoms with Crippen LogP contribution in [-0.2, 0) is 0 Å². The van der Waals surface area contributed by atoms with Gasteiger partial charge in [-0.2, -0.15) is 0 Å². The number of rotatable bonds is 3. The van der Waals surface area contributed by atoms with Crippen molar-refractivity contribution in [3.63, 3.8) is 0 Å². The van der Waals surface area contributed by atoms with Crippen molar-refractivity contribution >= 4 is 18.0 Å². The molecule has 2 N–H and O–H groups in total. The van der Waals surface area contributed by atoms with Crippen molar-refractivity contribution < 1.29 is 0 Å². The van der Waals surface area contributed by atoms with E-state index in [1.807, 2.05) is 18.2 Å². The summed E-state index contributed by atoms with van der Waals surface area (Å²) in [6.45, 7) is 2.17. The van der Waals surface area contributed by atoms with E-state index in [0.29, 0.717) is 11.7 Å². The van der Waals surface area contributed by atoms with Crippen LogP contribution in [0.1, 0.15) is 32.6 Å². The van der Waals surface area contributed by atoms with Crippen LogP contribution in [-0.4, -0.2) is 17.2 Å². The molecule has 0 aliphatic heterocycles. The van der Waals surface area contributed by atoms with Gasteiger partial charge in [0.25, 0.3) is 0 Å². The first-order chi connectivity index (χ1) is 8.21. The van der Waals surface area contributed by atoms with Gasteiger partial charge in [0.1, 0.15) is 12.2 Å². The van der Waals surface area contributed by atoms with Crippen molar-refractivity contribution in [2.45, 2.75) is 32.6 Å². The minimum atomic E-state index is 0.0656. The van der Waals surface area contributed by atoms with Gasteiger partial charge in [-0.1, -0.05) is 25.8 Å². The third kappa shape index (κ3) is 2.90. The van der Waals surface area contributed by atoms with Gasteiger partial charge in [0.05, 0.1) is 0 Å². The van der Waals surface area contributed by atoms with Gasteiger partial charge in [0.2, 0.25) is 0 Å². The topological polar surface area (TPSA) is 63.6 Å². The summed E-state index contributed by atoms with van der Waals surface area (Å²) in [7, 11) is 0. The van der Waals surface area contributed by atoms with Gasteiger partial charge in [-0.15, -0.1) is 0 Å². The van der Waals surface area contributed by atoms with Crippen molar-refractivity contribution in [2.75, 3.05) is 0 Å². The Morgan fingerprint density at radius 1 is 1.41 bits per heavy atom. The van der Waals surface area contributed by atoms with Gasteiger partial charge in [0.15, 0.2) is 5.82 Å². The minimum Gasteiger partial charge on any atom is -0.387 e. The van der Waals surface area contributed by atoms with Crippen molar-refractivity contribution in [1.29, 1.82) is 0 Å². The number of nitrogens with zero attached hydrogens (tertiary/aromatic N) is 3. The number of hydrogen-bond donors (Lipinski definition) is 1. The molecule has 0 unspecified atom stereocenters. The Morgan fingerprint density at radius 3 is 2.82 bits per heavy atom. The first-order valence-corrected chi connectivity index (χ1v) is 5.98. The molecule has 0 radical (unpaired) electrons. The summed E-state index contributed by atoms with van der Waals surface area (Å²) in [5.41, 5.74) is 6.08. The molecule has 17 heavy (non-hydrogen) atoms. The molecular formula is C13H18N4. The van der Waals surface area contributed by atoms with Crippen LogP contribution in [0.2, 0.25) is 0 Å². The lowest BCUT2D eigenvalue weighted by molar-refractivity contribution is 0.483. The molecule has 0 bridgehead atoms. The Balaban J connectivity index is 2.03. The number of hydrogen-bond acceptors (Lipinski definition) is 2. The fraction of sp³-hybridized carbons (Fsp3) is 0.462. The molecule has 4 heteroatoms. The van der Waals surface area contributed by atoms with Crippen molar-refractivity contribution in [3.8, 4) is 0 Å². The van der Waals surface area contributed by atoms with E-state index >= 15 is 0 Å². The summed E-state index contributed by atoms with van der Waals surface area (Å²) < 4.78 is 0. The second kappa shape index (κ2) is 5.08. The highest BCUT2D eigenvalue weighted by Gasteiger charge is 2.32. The Labute approximate surface area is 102 Å². The lowest BCUT2D eigenvalue weighted by Gasteiger charge is -2.21. The highest BCUT2D eigenvalue weighted by Crippen LogP contribution is 2.37. The molecule has 1 aliphatic carbocycles. The Morgan fingerprint density at radius 2 is 2.18 bits per heavy atom. The normalized spacial score (nSPS) is 19.9. The predicted molar refractivity (Wildman–Crippen MR) is 70.6 cm³/mol. The predicted octanol–water partition coefficient (Wildman–Crippen LogP) is 2.68. The number of pyridine rings is 1. The highest BCUT2D eigenvalue weighted by molar-refractivity contribution is 5.92. The first kappa shape index (κ1) is 11.8. The monoisotopic (exact) mass is 230 g/mol. The molecule has 1 fully saturated rings. The number of aliphatic imine (C=N–C) groups is 2. The Hall–Kier alpha value is -1.71.